The SMILES string of the molecule is CCC(C)(O)CC(=O)N1CC(N2CCN(c3cc(C#N)cc(Nc4nc(NC5CC5)c5ncc(C#N)n5n4)c3Cl)CC2)C1. The van der Waals surface area contributed by atoms with E-state index in [1.54, 1.807) is 19.1 Å². The van der Waals surface area contributed by atoms with Gasteiger partial charge in [-0.25, -0.2) is 4.98 Å². The van der Waals surface area contributed by atoms with Crippen molar-refractivity contribution in [3.05, 3.63) is 34.6 Å². The van der Waals surface area contributed by atoms with Gasteiger partial charge in [-0.2, -0.15) is 20.0 Å². The summed E-state index contributed by atoms with van der Waals surface area (Å²) in [5, 5.41) is 41.0. The number of rotatable bonds is 9. The van der Waals surface area contributed by atoms with E-state index in [0.29, 0.717) is 72.4 Å². The maximum Gasteiger partial charge on any atom is 0.247 e. The first-order valence-electron chi connectivity index (χ1n) is 14.6. The van der Waals surface area contributed by atoms with Crippen LogP contribution in [0.4, 0.5) is 23.1 Å². The van der Waals surface area contributed by atoms with E-state index in [9.17, 15) is 20.4 Å². The molecule has 2 saturated heterocycles. The lowest BCUT2D eigenvalue weighted by Gasteiger charge is -2.49. The number of likely N-dealkylation sites (tertiary alicyclic amines) is 1. The minimum Gasteiger partial charge on any atom is -0.390 e. The molecule has 1 atom stereocenters. The van der Waals surface area contributed by atoms with Gasteiger partial charge in [-0.05, 0) is 38.3 Å². The van der Waals surface area contributed by atoms with E-state index >= 15 is 0 Å². The minimum absolute atomic E-state index is 0.00248. The van der Waals surface area contributed by atoms with Crippen LogP contribution >= 0.6 is 11.6 Å². The maximum atomic E-state index is 12.5. The van der Waals surface area contributed by atoms with Crippen molar-refractivity contribution < 1.29 is 9.90 Å². The number of piperazine rings is 1. The highest BCUT2D eigenvalue weighted by Gasteiger charge is 2.38. The summed E-state index contributed by atoms with van der Waals surface area (Å²) in [6.45, 7) is 7.93. The molecule has 6 rings (SSSR count). The van der Waals surface area contributed by atoms with Gasteiger partial charge in [0, 0.05) is 51.4 Å². The van der Waals surface area contributed by atoms with Crippen molar-refractivity contribution >= 4 is 46.3 Å². The van der Waals surface area contributed by atoms with Gasteiger partial charge < -0.3 is 25.5 Å². The Morgan fingerprint density at radius 1 is 1.19 bits per heavy atom. The molecule has 224 valence electrons. The molecule has 1 saturated carbocycles. The topological polar surface area (TPSA) is 162 Å². The Morgan fingerprint density at radius 2 is 1.93 bits per heavy atom. The molecule has 43 heavy (non-hydrogen) atoms. The molecule has 14 heteroatoms. The molecule has 3 aromatic rings. The number of anilines is 4. The lowest BCUT2D eigenvalue weighted by molar-refractivity contribution is -0.143. The highest BCUT2D eigenvalue weighted by Crippen LogP contribution is 2.37. The summed E-state index contributed by atoms with van der Waals surface area (Å²) < 4.78 is 1.45. The van der Waals surface area contributed by atoms with Crippen LogP contribution in [-0.2, 0) is 4.79 Å². The van der Waals surface area contributed by atoms with Gasteiger partial charge in [-0.1, -0.05) is 18.5 Å². The largest absolute Gasteiger partial charge is 0.390 e. The third-order valence-electron chi connectivity index (χ3n) is 8.50. The zero-order valence-corrected chi connectivity index (χ0v) is 25.0. The van der Waals surface area contributed by atoms with E-state index in [0.717, 1.165) is 31.6 Å². The van der Waals surface area contributed by atoms with Crippen molar-refractivity contribution in [3.63, 3.8) is 0 Å². The number of nitriles is 2. The Kier molecular flexibility index (Phi) is 7.73. The third kappa shape index (κ3) is 6.02. The van der Waals surface area contributed by atoms with Crippen LogP contribution in [0.15, 0.2) is 18.3 Å². The number of carbonyl (C=O) groups excluding carboxylic acids is 1. The summed E-state index contributed by atoms with van der Waals surface area (Å²) in [6, 6.07) is 8.39. The second-order valence-electron chi connectivity index (χ2n) is 11.8. The van der Waals surface area contributed by atoms with Crippen molar-refractivity contribution in [2.45, 2.75) is 57.2 Å². The quantitative estimate of drug-likeness (QED) is 0.330. The molecule has 1 amide bonds. The molecule has 2 aliphatic heterocycles. The number of fused-ring (bicyclic) bond motifs is 1. The van der Waals surface area contributed by atoms with Crippen molar-refractivity contribution in [2.75, 3.05) is 54.8 Å². The van der Waals surface area contributed by atoms with Crippen LogP contribution in [0.5, 0.6) is 0 Å². The number of nitrogens with zero attached hydrogens (tertiary/aromatic N) is 9. The molecule has 0 spiro atoms. The van der Waals surface area contributed by atoms with E-state index in [2.05, 4.69) is 47.6 Å². The number of aliphatic hydroxyl groups is 1. The van der Waals surface area contributed by atoms with Crippen LogP contribution < -0.4 is 15.5 Å². The molecule has 2 aromatic heterocycles. The Balaban J connectivity index is 1.15. The fourth-order valence-electron chi connectivity index (χ4n) is 5.42. The van der Waals surface area contributed by atoms with E-state index in [-0.39, 0.29) is 24.0 Å². The second-order valence-corrected chi connectivity index (χ2v) is 12.2. The van der Waals surface area contributed by atoms with Crippen molar-refractivity contribution in [3.8, 4) is 12.1 Å². The normalized spacial score (nSPS) is 18.9. The zero-order valence-electron chi connectivity index (χ0n) is 24.2. The first-order valence-corrected chi connectivity index (χ1v) is 15.0. The zero-order chi connectivity index (χ0) is 30.3. The molecule has 4 heterocycles. The fraction of sp³-hybridized carbons (Fsp3) is 0.517. The monoisotopic (exact) mass is 603 g/mol. The molecule has 1 unspecified atom stereocenters. The molecule has 1 aliphatic carbocycles. The summed E-state index contributed by atoms with van der Waals surface area (Å²) >= 11 is 6.93. The number of nitrogens with one attached hydrogen (secondary N) is 2. The Labute approximate surface area is 254 Å². The number of imidazole rings is 1. The Morgan fingerprint density at radius 3 is 2.58 bits per heavy atom. The summed E-state index contributed by atoms with van der Waals surface area (Å²) in [7, 11) is 0. The van der Waals surface area contributed by atoms with Crippen LogP contribution in [0, 0.1) is 22.7 Å². The molecular formula is C29H34ClN11O2. The molecule has 3 fully saturated rings. The fourth-order valence-corrected chi connectivity index (χ4v) is 5.70. The number of hydrogen-bond donors (Lipinski definition) is 3. The van der Waals surface area contributed by atoms with Crippen molar-refractivity contribution in [1.82, 2.24) is 29.4 Å². The number of halogens is 1. The lowest BCUT2D eigenvalue weighted by Crippen LogP contribution is -2.64. The van der Waals surface area contributed by atoms with Crippen LogP contribution in [0.2, 0.25) is 5.02 Å². The summed E-state index contributed by atoms with van der Waals surface area (Å²) in [5.74, 6) is 0.747. The van der Waals surface area contributed by atoms with Crippen molar-refractivity contribution in [1.29, 1.82) is 10.5 Å². The number of carbonyl (C=O) groups is 1. The smallest absolute Gasteiger partial charge is 0.247 e. The van der Waals surface area contributed by atoms with E-state index in [4.69, 9.17) is 11.6 Å². The van der Waals surface area contributed by atoms with E-state index < -0.39 is 5.60 Å². The van der Waals surface area contributed by atoms with Gasteiger partial charge in [0.15, 0.2) is 17.2 Å². The summed E-state index contributed by atoms with van der Waals surface area (Å²) in [6.07, 6.45) is 4.22. The summed E-state index contributed by atoms with van der Waals surface area (Å²) in [4.78, 5) is 27.8. The van der Waals surface area contributed by atoms with Gasteiger partial charge in [0.05, 0.1) is 46.2 Å². The Bertz CT molecular complexity index is 1620. The number of benzene rings is 1. The molecule has 1 aromatic carbocycles. The van der Waals surface area contributed by atoms with Gasteiger partial charge in [0.25, 0.3) is 0 Å². The summed E-state index contributed by atoms with van der Waals surface area (Å²) in [5.41, 5.74) is 1.46. The Hall–Kier alpha value is -4.17. The molecule has 3 aliphatic rings. The van der Waals surface area contributed by atoms with Crippen LogP contribution in [0.1, 0.15) is 50.8 Å². The number of amides is 1. The highest BCUT2D eigenvalue weighted by molar-refractivity contribution is 6.36. The van der Waals surface area contributed by atoms with Gasteiger partial charge >= 0.3 is 0 Å². The van der Waals surface area contributed by atoms with Crippen LogP contribution in [0.25, 0.3) is 5.65 Å². The molecule has 0 bridgehead atoms. The first kappa shape index (κ1) is 28.9. The van der Waals surface area contributed by atoms with Gasteiger partial charge in [0.2, 0.25) is 11.9 Å². The van der Waals surface area contributed by atoms with Crippen LogP contribution in [-0.4, -0.2) is 97.3 Å². The maximum absolute atomic E-state index is 12.5. The minimum atomic E-state index is -0.966. The van der Waals surface area contributed by atoms with Crippen LogP contribution in [0.3, 0.4) is 0 Å². The van der Waals surface area contributed by atoms with E-state index in [1.807, 2.05) is 11.8 Å². The lowest BCUT2D eigenvalue weighted by atomic mass is 9.96. The molecule has 0 radical (unpaired) electrons. The van der Waals surface area contributed by atoms with Crippen molar-refractivity contribution in [2.24, 2.45) is 0 Å². The predicted octanol–water partition coefficient (Wildman–Crippen LogP) is 2.72. The standard InChI is InChI=1S/C29H34ClN11O2/c1-3-29(2,43)12-24(42)40-16-21(17-40)38-6-8-39(9-7-38)23-11-18(13-31)10-22(25(23)30)35-28-36-26(34-19-4-5-19)27-33-15-20(14-32)41(27)37-28/h10-11,15,19,21,43H,3-9,12,16-17H2,1-2H3,(H2,34,35,36,37). The molecule has 13 nitrogen and oxygen atoms in total. The third-order valence-corrected chi connectivity index (χ3v) is 8.90. The average molecular weight is 604 g/mol. The predicted molar refractivity (Wildman–Crippen MR) is 161 cm³/mol. The first-order chi connectivity index (χ1) is 20.7. The van der Waals surface area contributed by atoms with Gasteiger partial charge in [-0.3, -0.25) is 9.69 Å². The average Bonchev–Trinajstić information content (AvgIpc) is 3.69. The van der Waals surface area contributed by atoms with Gasteiger partial charge in [-0.15, -0.1) is 5.10 Å². The number of hydrogen-bond acceptors (Lipinski definition) is 11. The molecule has 3 N–H and O–H groups in total. The highest BCUT2D eigenvalue weighted by atomic mass is 35.5. The van der Waals surface area contributed by atoms with E-state index in [1.165, 1.54) is 10.7 Å². The second kappa shape index (κ2) is 11.5. The molecular weight excluding hydrogens is 570 g/mol. The van der Waals surface area contributed by atoms with Gasteiger partial charge in [0.1, 0.15) is 6.07 Å². The number of aromatic nitrogens is 4.